The molecule has 0 aromatic heterocycles. The molecule has 2 aromatic carbocycles. The molecule has 6 nitrogen and oxygen atoms in total. The van der Waals surface area contributed by atoms with Crippen LogP contribution in [0.1, 0.15) is 11.1 Å². The molecule has 0 aliphatic heterocycles. The van der Waals surface area contributed by atoms with Crippen LogP contribution in [-0.4, -0.2) is 4.92 Å². The summed E-state index contributed by atoms with van der Waals surface area (Å²) < 4.78 is 5.41. The quantitative estimate of drug-likeness (QED) is 0.626. The monoisotopic (exact) mass is 265 g/mol. The Morgan fingerprint density at radius 2 is 1.75 bits per heavy atom. The van der Waals surface area contributed by atoms with E-state index in [0.29, 0.717) is 0 Å². The van der Waals surface area contributed by atoms with Crippen molar-refractivity contribution >= 4 is 5.69 Å². The van der Waals surface area contributed by atoms with E-state index in [1.54, 1.807) is 6.07 Å². The molecule has 0 fully saturated rings. The van der Waals surface area contributed by atoms with Gasteiger partial charge in [-0.05, 0) is 24.3 Å². The number of ether oxygens (including phenoxy) is 1. The van der Waals surface area contributed by atoms with Crippen LogP contribution < -0.4 is 4.74 Å². The summed E-state index contributed by atoms with van der Waals surface area (Å²) in [7, 11) is 0. The Bertz CT molecular complexity index is 757. The van der Waals surface area contributed by atoms with Gasteiger partial charge >= 0.3 is 5.69 Å². The molecule has 0 saturated heterocycles. The first-order chi connectivity index (χ1) is 9.65. The molecule has 0 amide bonds. The topological polar surface area (TPSA) is 99.9 Å². The Morgan fingerprint density at radius 1 is 1.05 bits per heavy atom. The van der Waals surface area contributed by atoms with Gasteiger partial charge in [0.1, 0.15) is 17.9 Å². The van der Waals surface area contributed by atoms with Gasteiger partial charge in [0, 0.05) is 6.07 Å². The Labute approximate surface area is 114 Å². The van der Waals surface area contributed by atoms with Crippen molar-refractivity contribution in [3.8, 4) is 23.6 Å². The lowest BCUT2D eigenvalue weighted by Gasteiger charge is -2.06. The van der Waals surface area contributed by atoms with Gasteiger partial charge in [-0.15, -0.1) is 0 Å². The summed E-state index contributed by atoms with van der Waals surface area (Å²) in [6.07, 6.45) is 0. The number of nitriles is 2. The van der Waals surface area contributed by atoms with E-state index in [1.165, 1.54) is 36.4 Å². The normalized spacial score (nSPS) is 9.30. The largest absolute Gasteiger partial charge is 0.450 e. The zero-order valence-electron chi connectivity index (χ0n) is 10.1. The van der Waals surface area contributed by atoms with Crippen LogP contribution in [0, 0.1) is 32.8 Å². The highest BCUT2D eigenvalue weighted by Crippen LogP contribution is 2.31. The SMILES string of the molecule is N#Cc1ccc(Oc2ccccc2[N+](=O)[O-])cc1C#N. The first-order valence-electron chi connectivity index (χ1n) is 5.51. The second-order valence-electron chi connectivity index (χ2n) is 3.76. The molecule has 0 unspecified atom stereocenters. The predicted molar refractivity (Wildman–Crippen MR) is 69.0 cm³/mol. The lowest BCUT2D eigenvalue weighted by molar-refractivity contribution is -0.385. The number of hydrogen-bond donors (Lipinski definition) is 0. The van der Waals surface area contributed by atoms with E-state index in [4.69, 9.17) is 15.3 Å². The first kappa shape index (κ1) is 13.1. The van der Waals surface area contributed by atoms with E-state index in [9.17, 15) is 10.1 Å². The average Bonchev–Trinajstić information content (AvgIpc) is 2.47. The van der Waals surface area contributed by atoms with Gasteiger partial charge in [-0.1, -0.05) is 12.1 Å². The maximum Gasteiger partial charge on any atom is 0.311 e. The molecular formula is C14H7N3O3. The van der Waals surface area contributed by atoms with Crippen LogP contribution in [0.5, 0.6) is 11.5 Å². The zero-order chi connectivity index (χ0) is 14.5. The van der Waals surface area contributed by atoms with E-state index in [1.807, 2.05) is 12.1 Å². The Balaban J connectivity index is 2.39. The number of nitrogens with zero attached hydrogens (tertiary/aromatic N) is 3. The van der Waals surface area contributed by atoms with Crippen molar-refractivity contribution in [2.24, 2.45) is 0 Å². The fraction of sp³-hybridized carbons (Fsp3) is 0. The summed E-state index contributed by atoms with van der Waals surface area (Å²) >= 11 is 0. The molecule has 20 heavy (non-hydrogen) atoms. The van der Waals surface area contributed by atoms with Crippen molar-refractivity contribution in [3.63, 3.8) is 0 Å². The number of nitro benzene ring substituents is 1. The molecule has 6 heteroatoms. The summed E-state index contributed by atoms with van der Waals surface area (Å²) in [6, 6.07) is 14.0. The summed E-state index contributed by atoms with van der Waals surface area (Å²) in [5.74, 6) is 0.334. The highest BCUT2D eigenvalue weighted by molar-refractivity contribution is 5.52. The lowest BCUT2D eigenvalue weighted by atomic mass is 10.1. The second-order valence-corrected chi connectivity index (χ2v) is 3.76. The third kappa shape index (κ3) is 2.55. The molecular weight excluding hydrogens is 258 g/mol. The fourth-order valence-electron chi connectivity index (χ4n) is 1.60. The standard InChI is InChI=1S/C14H7N3O3/c15-8-10-5-6-12(7-11(10)9-16)20-14-4-2-1-3-13(14)17(18)19/h1-7H. The maximum absolute atomic E-state index is 10.9. The van der Waals surface area contributed by atoms with Crippen LogP contribution in [0.2, 0.25) is 0 Å². The van der Waals surface area contributed by atoms with Crippen LogP contribution >= 0.6 is 0 Å². The molecule has 2 rings (SSSR count). The van der Waals surface area contributed by atoms with Gasteiger partial charge in [-0.3, -0.25) is 10.1 Å². The van der Waals surface area contributed by atoms with Gasteiger partial charge in [0.15, 0.2) is 0 Å². The van der Waals surface area contributed by atoms with E-state index in [0.717, 1.165) is 0 Å². The molecule has 0 bridgehead atoms. The van der Waals surface area contributed by atoms with Crippen LogP contribution in [0.15, 0.2) is 42.5 Å². The minimum atomic E-state index is -0.551. The van der Waals surface area contributed by atoms with Gasteiger partial charge in [0.2, 0.25) is 5.75 Å². The van der Waals surface area contributed by atoms with Crippen molar-refractivity contribution in [3.05, 3.63) is 63.7 Å². The first-order valence-corrected chi connectivity index (χ1v) is 5.51. The average molecular weight is 265 g/mol. The van der Waals surface area contributed by atoms with E-state index in [2.05, 4.69) is 0 Å². The molecule has 0 N–H and O–H groups in total. The van der Waals surface area contributed by atoms with Gasteiger partial charge in [0.05, 0.1) is 16.1 Å². The molecule has 0 spiro atoms. The Kier molecular flexibility index (Phi) is 3.60. The molecule has 0 saturated carbocycles. The summed E-state index contributed by atoms with van der Waals surface area (Å²) in [5, 5.41) is 28.6. The molecule has 0 atom stereocenters. The van der Waals surface area contributed by atoms with E-state index < -0.39 is 4.92 Å². The van der Waals surface area contributed by atoms with Crippen LogP contribution in [0.4, 0.5) is 5.69 Å². The molecule has 0 heterocycles. The number of benzene rings is 2. The van der Waals surface area contributed by atoms with Crippen molar-refractivity contribution < 1.29 is 9.66 Å². The molecule has 2 aromatic rings. The molecule has 0 radical (unpaired) electrons. The highest BCUT2D eigenvalue weighted by atomic mass is 16.6. The third-order valence-corrected chi connectivity index (χ3v) is 2.52. The van der Waals surface area contributed by atoms with Crippen LogP contribution in [-0.2, 0) is 0 Å². The fourth-order valence-corrected chi connectivity index (χ4v) is 1.60. The second kappa shape index (κ2) is 5.51. The Hall–Kier alpha value is -3.38. The van der Waals surface area contributed by atoms with Crippen LogP contribution in [0.3, 0.4) is 0 Å². The molecule has 0 aliphatic carbocycles. The summed E-state index contributed by atoms with van der Waals surface area (Å²) in [5.41, 5.74) is 0.210. The number of nitro groups is 1. The van der Waals surface area contributed by atoms with Gasteiger partial charge in [-0.2, -0.15) is 10.5 Å². The molecule has 0 aliphatic rings. The van der Waals surface area contributed by atoms with Crippen molar-refractivity contribution in [1.29, 1.82) is 10.5 Å². The number of rotatable bonds is 3. The Morgan fingerprint density at radius 3 is 2.40 bits per heavy atom. The highest BCUT2D eigenvalue weighted by Gasteiger charge is 2.15. The number of para-hydroxylation sites is 2. The maximum atomic E-state index is 10.9. The van der Waals surface area contributed by atoms with Gasteiger partial charge in [0.25, 0.3) is 0 Å². The summed E-state index contributed by atoms with van der Waals surface area (Å²) in [6.45, 7) is 0. The predicted octanol–water partition coefficient (Wildman–Crippen LogP) is 3.13. The van der Waals surface area contributed by atoms with Gasteiger partial charge < -0.3 is 4.74 Å². The van der Waals surface area contributed by atoms with Crippen LogP contribution in [0.25, 0.3) is 0 Å². The zero-order valence-corrected chi connectivity index (χ0v) is 10.1. The number of hydrogen-bond acceptors (Lipinski definition) is 5. The van der Waals surface area contributed by atoms with E-state index in [-0.39, 0.29) is 28.3 Å². The lowest BCUT2D eigenvalue weighted by Crippen LogP contribution is -1.93. The minimum Gasteiger partial charge on any atom is -0.450 e. The van der Waals surface area contributed by atoms with E-state index >= 15 is 0 Å². The smallest absolute Gasteiger partial charge is 0.311 e. The van der Waals surface area contributed by atoms with Crippen molar-refractivity contribution in [2.45, 2.75) is 0 Å². The van der Waals surface area contributed by atoms with Crippen molar-refractivity contribution in [2.75, 3.05) is 0 Å². The van der Waals surface area contributed by atoms with Crippen molar-refractivity contribution in [1.82, 2.24) is 0 Å². The summed E-state index contributed by atoms with van der Waals surface area (Å²) in [4.78, 5) is 10.3. The van der Waals surface area contributed by atoms with Gasteiger partial charge in [-0.25, -0.2) is 0 Å². The third-order valence-electron chi connectivity index (χ3n) is 2.52. The minimum absolute atomic E-state index is 0.0751. The molecule has 96 valence electrons.